The molecule has 0 aliphatic carbocycles. The summed E-state index contributed by atoms with van der Waals surface area (Å²) >= 11 is 0. The van der Waals surface area contributed by atoms with E-state index in [2.05, 4.69) is 26.3 Å². The molecule has 0 spiro atoms. The molecule has 0 aromatic rings. The molecule has 0 unspecified atom stereocenters. The van der Waals surface area contributed by atoms with E-state index in [4.69, 9.17) is 4.43 Å². The number of rotatable bonds is 8. The van der Waals surface area contributed by atoms with Gasteiger partial charge in [-0.3, -0.25) is 0 Å². The van der Waals surface area contributed by atoms with Crippen molar-refractivity contribution in [3.05, 3.63) is 50.1 Å². The third kappa shape index (κ3) is 4.44. The van der Waals surface area contributed by atoms with Gasteiger partial charge in [0.2, 0.25) is 0 Å². The summed E-state index contributed by atoms with van der Waals surface area (Å²) in [5, 5.41) is 0. The van der Waals surface area contributed by atoms with Crippen LogP contribution in [0.5, 0.6) is 0 Å². The Morgan fingerprint density at radius 3 is 1.75 bits per heavy atom. The van der Waals surface area contributed by atoms with E-state index in [1.54, 1.807) is 25.2 Å². The predicted molar refractivity (Wildman–Crippen MR) is 71.7 cm³/mol. The van der Waals surface area contributed by atoms with Crippen LogP contribution in [0.4, 0.5) is 0 Å². The second-order valence-corrected chi connectivity index (χ2v) is 7.63. The highest BCUT2D eigenvalue weighted by molar-refractivity contribution is 6.76. The lowest BCUT2D eigenvalue weighted by atomic mass is 10.4. The summed E-state index contributed by atoms with van der Waals surface area (Å²) in [5.74, 6) is -0.322. The first-order valence-electron chi connectivity index (χ1n) is 5.23. The van der Waals surface area contributed by atoms with E-state index in [0.717, 1.165) is 0 Å². The van der Waals surface area contributed by atoms with Gasteiger partial charge in [0.1, 0.15) is 0 Å². The van der Waals surface area contributed by atoms with E-state index in [9.17, 15) is 4.79 Å². The minimum absolute atomic E-state index is 0.322. The van der Waals surface area contributed by atoms with Crippen LogP contribution in [0, 0.1) is 0 Å². The molecule has 0 amide bonds. The van der Waals surface area contributed by atoms with Gasteiger partial charge in [0.15, 0.2) is 0 Å². The number of hydrogen-bond acceptors (Lipinski definition) is 2. The van der Waals surface area contributed by atoms with Crippen molar-refractivity contribution in [3.8, 4) is 0 Å². The normalized spacial score (nSPS) is 10.3. The van der Waals surface area contributed by atoms with Crippen LogP contribution in [0.3, 0.4) is 0 Å². The van der Waals surface area contributed by atoms with Gasteiger partial charge in [-0.2, -0.15) is 0 Å². The topological polar surface area (TPSA) is 26.3 Å². The smallest absolute Gasteiger partial charge is 0.319 e. The van der Waals surface area contributed by atoms with Crippen molar-refractivity contribution in [3.63, 3.8) is 0 Å². The van der Waals surface area contributed by atoms with Crippen LogP contribution >= 0.6 is 0 Å². The van der Waals surface area contributed by atoms with Gasteiger partial charge in [-0.15, -0.1) is 19.7 Å². The Morgan fingerprint density at radius 1 is 1.12 bits per heavy atom. The van der Waals surface area contributed by atoms with Crippen LogP contribution < -0.4 is 0 Å². The molecule has 0 saturated heterocycles. The number of carbonyl (C=O) groups is 1. The van der Waals surface area contributed by atoms with E-state index >= 15 is 0 Å². The maximum atomic E-state index is 11.6. The lowest BCUT2D eigenvalue weighted by molar-refractivity contribution is -0.130. The first-order valence-corrected chi connectivity index (χ1v) is 7.76. The largest absolute Gasteiger partial charge is 0.515 e. The summed E-state index contributed by atoms with van der Waals surface area (Å²) in [6, 6.07) is 2.14. The molecule has 0 saturated carbocycles. The molecule has 16 heavy (non-hydrogen) atoms. The highest BCUT2D eigenvalue weighted by Gasteiger charge is 2.35. The van der Waals surface area contributed by atoms with Crippen LogP contribution in [-0.2, 0) is 9.22 Å². The first-order chi connectivity index (χ1) is 7.51. The highest BCUT2D eigenvalue weighted by atomic mass is 28.4. The van der Waals surface area contributed by atoms with Gasteiger partial charge < -0.3 is 4.43 Å². The zero-order valence-corrected chi connectivity index (χ0v) is 11.0. The summed E-state index contributed by atoms with van der Waals surface area (Å²) < 4.78 is 5.61. The molecule has 0 aliphatic heterocycles. The summed E-state index contributed by atoms with van der Waals surface area (Å²) in [4.78, 5) is 11.6. The number of allylic oxidation sites excluding steroid dienone is 3. The minimum Gasteiger partial charge on any atom is -0.515 e. The first kappa shape index (κ1) is 14.6. The molecule has 0 radical (unpaired) electrons. The zero-order chi connectivity index (χ0) is 12.6. The molecule has 0 rings (SSSR count). The molecule has 0 bridgehead atoms. The molecule has 0 aliphatic rings. The molecule has 0 N–H and O–H groups in total. The van der Waals surface area contributed by atoms with Gasteiger partial charge >= 0.3 is 5.97 Å². The zero-order valence-electron chi connectivity index (χ0n) is 10.00. The van der Waals surface area contributed by atoms with Gasteiger partial charge in [-0.25, -0.2) is 4.79 Å². The summed E-state index contributed by atoms with van der Waals surface area (Å²) in [6.07, 6.45) is 5.39. The Morgan fingerprint density at radius 2 is 1.50 bits per heavy atom. The van der Waals surface area contributed by atoms with Crippen LogP contribution in [0.1, 0.15) is 6.92 Å². The van der Waals surface area contributed by atoms with E-state index < -0.39 is 8.32 Å². The van der Waals surface area contributed by atoms with Crippen LogP contribution in [0.15, 0.2) is 50.1 Å². The Hall–Kier alpha value is -1.35. The van der Waals surface area contributed by atoms with Gasteiger partial charge in [-0.1, -0.05) is 24.8 Å². The van der Waals surface area contributed by atoms with Gasteiger partial charge in [0.25, 0.3) is 8.32 Å². The van der Waals surface area contributed by atoms with E-state index in [1.807, 2.05) is 0 Å². The highest BCUT2D eigenvalue weighted by Crippen LogP contribution is 2.25. The Kier molecular flexibility index (Phi) is 6.42. The molecule has 2 nitrogen and oxygen atoms in total. The van der Waals surface area contributed by atoms with Crippen LogP contribution in [0.2, 0.25) is 18.1 Å². The van der Waals surface area contributed by atoms with E-state index in [-0.39, 0.29) is 5.97 Å². The van der Waals surface area contributed by atoms with Gasteiger partial charge in [0.05, 0.1) is 0 Å². The van der Waals surface area contributed by atoms with E-state index in [0.29, 0.717) is 23.7 Å². The quantitative estimate of drug-likeness (QED) is 0.365. The molecule has 0 heterocycles. The average Bonchev–Trinajstić information content (AvgIpc) is 2.18. The van der Waals surface area contributed by atoms with Crippen molar-refractivity contribution in [1.29, 1.82) is 0 Å². The third-order valence-corrected chi connectivity index (χ3v) is 5.92. The number of hydrogen-bond donors (Lipinski definition) is 0. The maximum Gasteiger partial charge on any atom is 0.319 e. The average molecular weight is 236 g/mol. The predicted octanol–water partition coefficient (Wildman–Crippen LogP) is 3.61. The van der Waals surface area contributed by atoms with E-state index in [1.165, 1.54) is 0 Å². The Labute approximate surface area is 99.1 Å². The van der Waals surface area contributed by atoms with Crippen molar-refractivity contribution < 1.29 is 9.22 Å². The summed E-state index contributed by atoms with van der Waals surface area (Å²) in [5.41, 5.74) is 0.425. The molecular formula is C13H20O2Si. The maximum absolute atomic E-state index is 11.6. The second-order valence-electron chi connectivity index (χ2n) is 3.83. The standard InChI is InChI=1S/C13H20O2Si/c1-6-9-16(10-7-2,11-8-3)15-13(14)12(4)5/h6-8H,1-4,9-11H2,5H3. The molecule has 0 aromatic carbocycles. The van der Waals surface area contributed by atoms with Gasteiger partial charge in [0, 0.05) is 5.57 Å². The molecule has 0 aromatic heterocycles. The molecular weight excluding hydrogens is 216 g/mol. The summed E-state index contributed by atoms with van der Waals surface area (Å²) in [6.45, 7) is 16.4. The van der Waals surface area contributed by atoms with Crippen molar-refractivity contribution in [1.82, 2.24) is 0 Å². The molecule has 0 atom stereocenters. The third-order valence-electron chi connectivity index (χ3n) is 2.21. The van der Waals surface area contributed by atoms with Crippen LogP contribution in [-0.4, -0.2) is 14.3 Å². The fraction of sp³-hybridized carbons (Fsp3) is 0.308. The molecule has 3 heteroatoms. The SMILES string of the molecule is C=CC[Si](CC=C)(CC=C)OC(=O)C(=C)C. The lowest BCUT2D eigenvalue weighted by Gasteiger charge is -2.28. The second kappa shape index (κ2) is 7.01. The van der Waals surface area contributed by atoms with Crippen molar-refractivity contribution >= 4 is 14.3 Å². The summed E-state index contributed by atoms with van der Waals surface area (Å²) in [7, 11) is -2.19. The van der Waals surface area contributed by atoms with Gasteiger partial charge in [-0.05, 0) is 25.1 Å². The molecule has 0 fully saturated rings. The van der Waals surface area contributed by atoms with Crippen molar-refractivity contribution in [2.45, 2.75) is 25.1 Å². The van der Waals surface area contributed by atoms with Crippen molar-refractivity contribution in [2.24, 2.45) is 0 Å². The monoisotopic (exact) mass is 236 g/mol. The Bertz CT molecular complexity index is 279. The van der Waals surface area contributed by atoms with Crippen LogP contribution in [0.25, 0.3) is 0 Å². The fourth-order valence-corrected chi connectivity index (χ4v) is 4.34. The Balaban J connectivity index is 4.91. The van der Waals surface area contributed by atoms with Crippen molar-refractivity contribution in [2.75, 3.05) is 0 Å². The lowest BCUT2D eigenvalue weighted by Crippen LogP contribution is -2.39. The molecule has 88 valence electrons. The minimum atomic E-state index is -2.19. The number of carbonyl (C=O) groups excluding carboxylic acids is 1. The fourth-order valence-electron chi connectivity index (χ4n) is 1.45.